The van der Waals surface area contributed by atoms with Crippen LogP contribution in [0.4, 0.5) is 5.69 Å². The van der Waals surface area contributed by atoms with Crippen molar-refractivity contribution < 1.29 is 4.74 Å². The summed E-state index contributed by atoms with van der Waals surface area (Å²) < 4.78 is 7.18. The average molecular weight is 343 g/mol. The van der Waals surface area contributed by atoms with Crippen LogP contribution in [-0.2, 0) is 0 Å². The summed E-state index contributed by atoms with van der Waals surface area (Å²) in [6.45, 7) is 0. The van der Waals surface area contributed by atoms with Crippen molar-refractivity contribution >= 4 is 17.6 Å². The minimum atomic E-state index is -0.0738. The predicted molar refractivity (Wildman–Crippen MR) is 100 cm³/mol. The van der Waals surface area contributed by atoms with Crippen LogP contribution in [0.25, 0.3) is 5.57 Å². The van der Waals surface area contributed by atoms with E-state index in [0.717, 1.165) is 17.3 Å². The number of benzene rings is 2. The lowest BCUT2D eigenvalue weighted by molar-refractivity contribution is 0.415. The fourth-order valence-corrected chi connectivity index (χ4v) is 3.63. The van der Waals surface area contributed by atoms with Gasteiger partial charge in [0.15, 0.2) is 0 Å². The highest BCUT2D eigenvalue weighted by molar-refractivity contribution is 5.81. The lowest BCUT2D eigenvalue weighted by Gasteiger charge is -2.29. The average Bonchev–Trinajstić information content (AvgIpc) is 3.33. The SMILES string of the molecule is COc1ccc(N2C=C(c3ccccc3)C3c4nncn4C=NC32)cc1. The molecular formula is C20H17N5O. The van der Waals surface area contributed by atoms with Gasteiger partial charge in [-0.2, -0.15) is 0 Å². The molecule has 6 nitrogen and oxygen atoms in total. The molecule has 0 amide bonds. The minimum absolute atomic E-state index is 0.0343. The van der Waals surface area contributed by atoms with Gasteiger partial charge in [-0.1, -0.05) is 30.3 Å². The van der Waals surface area contributed by atoms with Gasteiger partial charge in [0.05, 0.1) is 19.4 Å². The molecule has 2 aliphatic heterocycles. The van der Waals surface area contributed by atoms with E-state index in [-0.39, 0.29) is 12.1 Å². The summed E-state index contributed by atoms with van der Waals surface area (Å²) in [4.78, 5) is 6.98. The summed E-state index contributed by atoms with van der Waals surface area (Å²) in [7, 11) is 1.67. The van der Waals surface area contributed by atoms with Crippen LogP contribution < -0.4 is 9.64 Å². The first-order valence-corrected chi connectivity index (χ1v) is 8.47. The molecule has 2 atom stereocenters. The van der Waals surface area contributed by atoms with Gasteiger partial charge in [-0.05, 0) is 35.4 Å². The number of hydrogen-bond donors (Lipinski definition) is 0. The Kier molecular flexibility index (Phi) is 3.35. The molecule has 2 aliphatic rings. The minimum Gasteiger partial charge on any atom is -0.497 e. The zero-order chi connectivity index (χ0) is 17.5. The molecular weight excluding hydrogens is 326 g/mol. The van der Waals surface area contributed by atoms with Crippen molar-refractivity contribution in [3.63, 3.8) is 0 Å². The fraction of sp³-hybridized carbons (Fsp3) is 0.150. The first kappa shape index (κ1) is 14.9. The van der Waals surface area contributed by atoms with Crippen molar-refractivity contribution in [2.24, 2.45) is 4.99 Å². The number of hydrogen-bond acceptors (Lipinski definition) is 5. The van der Waals surface area contributed by atoms with Crippen LogP contribution in [0, 0.1) is 0 Å². The fourth-order valence-electron chi connectivity index (χ4n) is 3.63. The maximum absolute atomic E-state index is 5.28. The molecule has 26 heavy (non-hydrogen) atoms. The molecule has 0 saturated heterocycles. The lowest BCUT2D eigenvalue weighted by Crippen LogP contribution is -2.34. The summed E-state index contributed by atoms with van der Waals surface area (Å²) in [5, 5.41) is 8.44. The van der Waals surface area contributed by atoms with Gasteiger partial charge >= 0.3 is 0 Å². The number of fused-ring (bicyclic) bond motifs is 3. The van der Waals surface area contributed by atoms with Gasteiger partial charge in [0, 0.05) is 11.9 Å². The van der Waals surface area contributed by atoms with Gasteiger partial charge < -0.3 is 9.64 Å². The van der Waals surface area contributed by atoms with Gasteiger partial charge in [-0.25, -0.2) is 4.99 Å². The normalized spacial score (nSPS) is 20.5. The predicted octanol–water partition coefficient (Wildman–Crippen LogP) is 3.15. The van der Waals surface area contributed by atoms with Gasteiger partial charge in [-0.15, -0.1) is 10.2 Å². The number of rotatable bonds is 3. The van der Waals surface area contributed by atoms with Crippen molar-refractivity contribution in [2.45, 2.75) is 12.1 Å². The molecule has 0 N–H and O–H groups in total. The maximum Gasteiger partial charge on any atom is 0.149 e. The van der Waals surface area contributed by atoms with E-state index in [1.807, 2.05) is 22.8 Å². The van der Waals surface area contributed by atoms with E-state index in [2.05, 4.69) is 57.7 Å². The summed E-state index contributed by atoms with van der Waals surface area (Å²) in [6, 6.07) is 18.4. The number of ether oxygens (including phenoxy) is 1. The van der Waals surface area contributed by atoms with Crippen molar-refractivity contribution in [1.29, 1.82) is 0 Å². The molecule has 0 bridgehead atoms. The molecule has 5 rings (SSSR count). The van der Waals surface area contributed by atoms with Crippen LogP contribution in [0.1, 0.15) is 17.3 Å². The lowest BCUT2D eigenvalue weighted by atomic mass is 9.92. The Morgan fingerprint density at radius 1 is 1.00 bits per heavy atom. The van der Waals surface area contributed by atoms with Crippen molar-refractivity contribution in [2.75, 3.05) is 12.0 Å². The van der Waals surface area contributed by atoms with Crippen molar-refractivity contribution in [3.8, 4) is 5.75 Å². The Labute approximate surface area is 151 Å². The maximum atomic E-state index is 5.28. The van der Waals surface area contributed by atoms with Gasteiger partial charge in [0.1, 0.15) is 24.1 Å². The molecule has 3 aromatic rings. The van der Waals surface area contributed by atoms with Crippen molar-refractivity contribution in [1.82, 2.24) is 14.8 Å². The van der Waals surface area contributed by atoms with E-state index in [4.69, 9.17) is 9.73 Å². The van der Waals surface area contributed by atoms with Gasteiger partial charge in [0.25, 0.3) is 0 Å². The molecule has 3 heterocycles. The zero-order valence-corrected chi connectivity index (χ0v) is 14.2. The summed E-state index contributed by atoms with van der Waals surface area (Å²) >= 11 is 0. The molecule has 2 unspecified atom stereocenters. The topological polar surface area (TPSA) is 55.5 Å². The number of aromatic nitrogens is 3. The van der Waals surface area contributed by atoms with E-state index in [1.54, 1.807) is 19.8 Å². The molecule has 6 heteroatoms. The van der Waals surface area contributed by atoms with E-state index < -0.39 is 0 Å². The highest BCUT2D eigenvalue weighted by Gasteiger charge is 2.41. The second kappa shape index (κ2) is 5.84. The molecule has 0 radical (unpaired) electrons. The molecule has 2 aromatic carbocycles. The second-order valence-corrected chi connectivity index (χ2v) is 6.31. The van der Waals surface area contributed by atoms with E-state index in [1.165, 1.54) is 11.1 Å². The third-order valence-electron chi connectivity index (χ3n) is 4.90. The number of anilines is 1. The van der Waals surface area contributed by atoms with Crippen LogP contribution in [0.2, 0.25) is 0 Å². The standard InChI is InChI=1S/C20H17N5O/c1-26-16-9-7-15(8-10-16)25-11-17(14-5-3-2-4-6-14)18-19(25)21-12-24-13-22-23-20(18)24/h2-13,18-19H,1H3. The molecule has 1 aromatic heterocycles. The molecule has 0 saturated carbocycles. The monoisotopic (exact) mass is 343 g/mol. The Morgan fingerprint density at radius 3 is 2.58 bits per heavy atom. The third kappa shape index (κ3) is 2.23. The third-order valence-corrected chi connectivity index (χ3v) is 4.90. The number of aliphatic imine (C=N–C) groups is 1. The van der Waals surface area contributed by atoms with Crippen LogP contribution in [0.3, 0.4) is 0 Å². The molecule has 128 valence electrons. The first-order chi connectivity index (χ1) is 12.8. The first-order valence-electron chi connectivity index (χ1n) is 8.47. The zero-order valence-electron chi connectivity index (χ0n) is 14.2. The summed E-state index contributed by atoms with van der Waals surface area (Å²) in [6.07, 6.45) is 5.60. The number of methoxy groups -OCH3 is 1. The summed E-state index contributed by atoms with van der Waals surface area (Å²) in [5.41, 5.74) is 3.43. The van der Waals surface area contributed by atoms with E-state index in [0.29, 0.717) is 0 Å². The Morgan fingerprint density at radius 2 is 1.81 bits per heavy atom. The quantitative estimate of drug-likeness (QED) is 0.733. The molecule has 0 spiro atoms. The highest BCUT2D eigenvalue weighted by Crippen LogP contribution is 2.45. The molecule has 0 fully saturated rings. The number of nitrogens with zero attached hydrogens (tertiary/aromatic N) is 5. The van der Waals surface area contributed by atoms with Crippen LogP contribution in [0.15, 0.2) is 72.1 Å². The molecule has 0 aliphatic carbocycles. The van der Waals surface area contributed by atoms with Gasteiger partial charge in [-0.3, -0.25) is 4.57 Å². The van der Waals surface area contributed by atoms with E-state index >= 15 is 0 Å². The van der Waals surface area contributed by atoms with Crippen LogP contribution >= 0.6 is 0 Å². The second-order valence-electron chi connectivity index (χ2n) is 6.31. The highest BCUT2D eigenvalue weighted by atomic mass is 16.5. The Bertz CT molecular complexity index is 991. The van der Waals surface area contributed by atoms with Crippen LogP contribution in [0.5, 0.6) is 5.75 Å². The summed E-state index contributed by atoms with van der Waals surface area (Å²) in [5.74, 6) is 1.78. The van der Waals surface area contributed by atoms with Crippen LogP contribution in [-0.4, -0.2) is 34.4 Å². The largest absolute Gasteiger partial charge is 0.497 e. The van der Waals surface area contributed by atoms with Crippen molar-refractivity contribution in [3.05, 3.63) is 78.5 Å². The Hall–Kier alpha value is -3.41. The smallest absolute Gasteiger partial charge is 0.149 e. The van der Waals surface area contributed by atoms with E-state index in [9.17, 15) is 0 Å². The van der Waals surface area contributed by atoms with Gasteiger partial charge in [0.2, 0.25) is 0 Å². The Balaban J connectivity index is 1.63.